The van der Waals surface area contributed by atoms with E-state index >= 15 is 0 Å². The van der Waals surface area contributed by atoms with Crippen LogP contribution in [-0.4, -0.2) is 0 Å². The van der Waals surface area contributed by atoms with E-state index in [0.717, 1.165) is 11.1 Å². The van der Waals surface area contributed by atoms with Crippen molar-refractivity contribution in [2.24, 2.45) is 5.11 Å². The van der Waals surface area contributed by atoms with E-state index in [-0.39, 0.29) is 0 Å². The summed E-state index contributed by atoms with van der Waals surface area (Å²) in [5, 5.41) is 3.17. The van der Waals surface area contributed by atoms with Crippen LogP contribution in [0.4, 0.5) is 5.69 Å². The Morgan fingerprint density at radius 3 is 2.00 bits per heavy atom. The molecule has 0 atom stereocenters. The van der Waals surface area contributed by atoms with Gasteiger partial charge in [0.15, 0.2) is 0 Å². The van der Waals surface area contributed by atoms with Crippen LogP contribution in [0.1, 0.15) is 11.1 Å². The highest BCUT2D eigenvalue weighted by Crippen LogP contribution is 2.21. The highest BCUT2D eigenvalue weighted by Gasteiger charge is 1.97. The Bertz CT molecular complexity index is 233. The third kappa shape index (κ3) is 1.05. The number of hydrogen-bond acceptors (Lipinski definition) is 1. The van der Waals surface area contributed by atoms with Gasteiger partial charge < -0.3 is 0 Å². The van der Waals surface area contributed by atoms with Crippen molar-refractivity contribution in [2.75, 3.05) is 0 Å². The number of benzene rings is 1. The van der Waals surface area contributed by atoms with E-state index in [2.05, 4.69) is 5.11 Å². The molecule has 10 heavy (non-hydrogen) atoms. The van der Waals surface area contributed by atoms with Crippen LogP contribution >= 0.6 is 0 Å². The Morgan fingerprint density at radius 2 is 1.70 bits per heavy atom. The van der Waals surface area contributed by atoms with E-state index in [9.17, 15) is 0 Å². The molecule has 0 saturated heterocycles. The Hall–Kier alpha value is -1.18. The molecule has 0 amide bonds. The summed E-state index contributed by atoms with van der Waals surface area (Å²) in [6.45, 7) is 3.84. The average Bonchev–Trinajstić information content (AvgIpc) is 1.88. The third-order valence-electron chi connectivity index (χ3n) is 1.54. The zero-order chi connectivity index (χ0) is 7.56. The van der Waals surface area contributed by atoms with Gasteiger partial charge in [0.05, 0.1) is 5.69 Å². The second-order valence-electron chi connectivity index (χ2n) is 2.34. The quantitative estimate of drug-likeness (QED) is 0.526. The smallest absolute Gasteiger partial charge is 0.0933 e. The maximum Gasteiger partial charge on any atom is 0.0933 e. The van der Waals surface area contributed by atoms with Crippen molar-refractivity contribution in [1.29, 1.82) is 0 Å². The van der Waals surface area contributed by atoms with Crippen LogP contribution in [0.3, 0.4) is 0 Å². The van der Waals surface area contributed by atoms with Crippen molar-refractivity contribution >= 4 is 5.69 Å². The number of hydrogen-bond donors (Lipinski definition) is 0. The first-order chi connectivity index (χ1) is 4.75. The molecule has 0 heterocycles. The van der Waals surface area contributed by atoms with Crippen LogP contribution in [0.2, 0.25) is 0 Å². The van der Waals surface area contributed by atoms with Crippen molar-refractivity contribution in [3.63, 3.8) is 0 Å². The lowest BCUT2D eigenvalue weighted by molar-refractivity contribution is 1.23. The summed E-state index contributed by atoms with van der Waals surface area (Å²) in [5.74, 6) is 0. The third-order valence-corrected chi connectivity index (χ3v) is 1.54. The standard InChI is InChI=1S/C8H9N2/c1-6-4-3-5-7(2)8(6)10-9/h3-5H,1-2H3. The first-order valence-electron chi connectivity index (χ1n) is 3.17. The van der Waals surface area contributed by atoms with E-state index in [0.29, 0.717) is 5.69 Å². The van der Waals surface area contributed by atoms with Gasteiger partial charge in [0, 0.05) is 0 Å². The van der Waals surface area contributed by atoms with Gasteiger partial charge in [-0.1, -0.05) is 18.2 Å². The van der Waals surface area contributed by atoms with Crippen molar-refractivity contribution in [1.82, 2.24) is 5.53 Å². The number of nitrogens with zero attached hydrogens (tertiary/aromatic N) is 2. The van der Waals surface area contributed by atoms with E-state index in [1.165, 1.54) is 0 Å². The molecule has 0 aliphatic rings. The summed E-state index contributed by atoms with van der Waals surface area (Å²) >= 11 is 0. The molecule has 2 nitrogen and oxygen atoms in total. The first-order valence-corrected chi connectivity index (χ1v) is 3.17. The van der Waals surface area contributed by atoms with E-state index in [1.807, 2.05) is 32.0 Å². The van der Waals surface area contributed by atoms with Gasteiger partial charge in [-0.2, -0.15) is 0 Å². The summed E-state index contributed by atoms with van der Waals surface area (Å²) in [6, 6.07) is 5.78. The van der Waals surface area contributed by atoms with E-state index in [4.69, 9.17) is 5.53 Å². The average molecular weight is 133 g/mol. The first kappa shape index (κ1) is 6.93. The maximum atomic E-state index is 8.52. The molecule has 0 fully saturated rings. The molecule has 0 aromatic heterocycles. The molecule has 1 rings (SSSR count). The second kappa shape index (κ2) is 2.60. The molecular weight excluding hydrogens is 124 g/mol. The van der Waals surface area contributed by atoms with Gasteiger partial charge >= 0.3 is 0 Å². The van der Waals surface area contributed by atoms with Crippen LogP contribution in [-0.2, 0) is 0 Å². The summed E-state index contributed by atoms with van der Waals surface area (Å²) in [4.78, 5) is 0. The van der Waals surface area contributed by atoms with Gasteiger partial charge in [0.25, 0.3) is 0 Å². The van der Waals surface area contributed by atoms with Crippen molar-refractivity contribution in [3.8, 4) is 0 Å². The van der Waals surface area contributed by atoms with E-state index < -0.39 is 0 Å². The molecule has 0 aliphatic carbocycles. The van der Waals surface area contributed by atoms with Crippen LogP contribution < -0.4 is 5.53 Å². The van der Waals surface area contributed by atoms with Gasteiger partial charge in [-0.15, -0.1) is 5.11 Å². The minimum atomic E-state index is 0.683. The molecule has 51 valence electrons. The fraction of sp³-hybridized carbons (Fsp3) is 0.250. The van der Waals surface area contributed by atoms with Crippen molar-refractivity contribution < 1.29 is 0 Å². The van der Waals surface area contributed by atoms with Gasteiger partial charge in [0.1, 0.15) is 0 Å². The second-order valence-corrected chi connectivity index (χ2v) is 2.34. The summed E-state index contributed by atoms with van der Waals surface area (Å²) < 4.78 is 0. The molecule has 0 saturated carbocycles. The Labute approximate surface area is 60.4 Å². The van der Waals surface area contributed by atoms with Crippen LogP contribution in [0.15, 0.2) is 23.3 Å². The highest BCUT2D eigenvalue weighted by molar-refractivity contribution is 5.50. The van der Waals surface area contributed by atoms with Gasteiger partial charge in [-0.25, -0.2) is 0 Å². The molecule has 0 N–H and O–H groups in total. The van der Waals surface area contributed by atoms with Crippen LogP contribution in [0.25, 0.3) is 0 Å². The molecule has 1 aromatic carbocycles. The Kier molecular flexibility index (Phi) is 1.81. The molecule has 0 bridgehead atoms. The van der Waals surface area contributed by atoms with Crippen molar-refractivity contribution in [3.05, 3.63) is 29.3 Å². The number of rotatable bonds is 1. The Balaban J connectivity index is 3.30. The minimum Gasteiger partial charge on any atom is -0.129 e. The summed E-state index contributed by atoms with van der Waals surface area (Å²) in [6.07, 6.45) is 0. The topological polar surface area (TPSA) is 34.7 Å². The van der Waals surface area contributed by atoms with Gasteiger partial charge in [-0.05, 0) is 30.5 Å². The summed E-state index contributed by atoms with van der Waals surface area (Å²) in [7, 11) is 0. The molecule has 0 aliphatic heterocycles. The largest absolute Gasteiger partial charge is 0.129 e. The molecule has 0 unspecified atom stereocenters. The lowest BCUT2D eigenvalue weighted by Gasteiger charge is -1.99. The lowest BCUT2D eigenvalue weighted by Crippen LogP contribution is -1.77. The Morgan fingerprint density at radius 1 is 1.20 bits per heavy atom. The molecule has 0 spiro atoms. The van der Waals surface area contributed by atoms with Crippen LogP contribution in [0.5, 0.6) is 0 Å². The van der Waals surface area contributed by atoms with Gasteiger partial charge in [-0.3, -0.25) is 0 Å². The fourth-order valence-corrected chi connectivity index (χ4v) is 0.963. The lowest BCUT2D eigenvalue weighted by atomic mass is 10.1. The van der Waals surface area contributed by atoms with Crippen molar-refractivity contribution in [2.45, 2.75) is 13.8 Å². The SMILES string of the molecule is Cc1cccc(C)c1N=[N]. The van der Waals surface area contributed by atoms with Crippen LogP contribution in [0, 0.1) is 13.8 Å². The van der Waals surface area contributed by atoms with E-state index in [1.54, 1.807) is 0 Å². The molecular formula is C8H9N2. The maximum absolute atomic E-state index is 8.52. The number of aryl methyl sites for hydroxylation is 2. The van der Waals surface area contributed by atoms with Gasteiger partial charge in [0.2, 0.25) is 0 Å². The fourth-order valence-electron chi connectivity index (χ4n) is 0.963. The monoisotopic (exact) mass is 133 g/mol. The molecule has 2 heteroatoms. The predicted octanol–water partition coefficient (Wildman–Crippen LogP) is 2.19. The molecule has 1 radical (unpaired) electrons. The highest BCUT2D eigenvalue weighted by atomic mass is 15.0. The predicted molar refractivity (Wildman–Crippen MR) is 40.1 cm³/mol. The minimum absolute atomic E-state index is 0.683. The zero-order valence-corrected chi connectivity index (χ0v) is 6.13. The molecule has 1 aromatic rings. The zero-order valence-electron chi connectivity index (χ0n) is 6.13. The normalized spacial score (nSPS) is 9.40. The summed E-state index contributed by atoms with van der Waals surface area (Å²) in [5.41, 5.74) is 11.2.